The van der Waals surface area contributed by atoms with E-state index in [9.17, 15) is 36.3 Å². The molecule has 0 bridgehead atoms. The van der Waals surface area contributed by atoms with Crippen LogP contribution in [0, 0.1) is 6.92 Å². The Labute approximate surface area is 188 Å². The number of halogens is 3. The highest BCUT2D eigenvalue weighted by Crippen LogP contribution is 2.32. The standard InChI is InChI=1S/C21H22F3NO7S/c1-3-31-19(26)5-4-12-25(33(29,30)16-9-6-14(2)7-10-16)18-11-8-15(32-21(22,23)24)13-17(18)20(27)28/h6-11,13H,3-5,12H2,1-2H3,(H,27,28). The lowest BCUT2D eigenvalue weighted by atomic mass is 10.1. The molecule has 0 atom stereocenters. The van der Waals surface area contributed by atoms with Crippen LogP contribution < -0.4 is 9.04 Å². The van der Waals surface area contributed by atoms with Crippen LogP contribution in [0.4, 0.5) is 18.9 Å². The molecular weight excluding hydrogens is 467 g/mol. The van der Waals surface area contributed by atoms with Crippen molar-refractivity contribution < 1.29 is 45.8 Å². The molecule has 0 heterocycles. The molecule has 0 fully saturated rings. The Hall–Kier alpha value is -3.28. The summed E-state index contributed by atoms with van der Waals surface area (Å²) in [5, 5.41) is 9.56. The number of aryl methyl sites for hydroxylation is 1. The fourth-order valence-corrected chi connectivity index (χ4v) is 4.43. The summed E-state index contributed by atoms with van der Waals surface area (Å²) in [5.74, 6) is -3.05. The summed E-state index contributed by atoms with van der Waals surface area (Å²) in [5.41, 5.74) is -0.312. The maximum Gasteiger partial charge on any atom is 0.573 e. The SMILES string of the molecule is CCOC(=O)CCCN(c1ccc(OC(F)(F)F)cc1C(=O)O)S(=O)(=O)c1ccc(C)cc1. The van der Waals surface area contributed by atoms with Gasteiger partial charge in [-0.3, -0.25) is 9.10 Å². The third kappa shape index (κ3) is 7.11. The van der Waals surface area contributed by atoms with Crippen molar-refractivity contribution in [1.29, 1.82) is 0 Å². The van der Waals surface area contributed by atoms with Crippen molar-refractivity contribution in [3.8, 4) is 5.75 Å². The van der Waals surface area contributed by atoms with E-state index < -0.39 is 39.6 Å². The number of alkyl halides is 3. The molecule has 1 N–H and O–H groups in total. The second-order valence-corrected chi connectivity index (χ2v) is 8.69. The molecule has 2 aromatic carbocycles. The van der Waals surface area contributed by atoms with Gasteiger partial charge in [-0.25, -0.2) is 13.2 Å². The summed E-state index contributed by atoms with van der Waals surface area (Å²) in [6, 6.07) is 8.06. The number of ether oxygens (including phenoxy) is 2. The number of rotatable bonds is 10. The third-order valence-electron chi connectivity index (χ3n) is 4.36. The molecule has 0 spiro atoms. The molecule has 8 nitrogen and oxygen atoms in total. The quantitative estimate of drug-likeness (QED) is 0.500. The van der Waals surface area contributed by atoms with Crippen molar-refractivity contribution in [3.63, 3.8) is 0 Å². The van der Waals surface area contributed by atoms with E-state index in [1.54, 1.807) is 26.0 Å². The van der Waals surface area contributed by atoms with Gasteiger partial charge in [0.25, 0.3) is 10.0 Å². The van der Waals surface area contributed by atoms with Gasteiger partial charge >= 0.3 is 18.3 Å². The first-order chi connectivity index (χ1) is 15.3. The number of aromatic carboxylic acids is 1. The normalized spacial score (nSPS) is 11.7. The van der Waals surface area contributed by atoms with Crippen LogP contribution in [0.3, 0.4) is 0 Å². The molecule has 180 valence electrons. The Kier molecular flexibility index (Phi) is 8.31. The lowest BCUT2D eigenvalue weighted by Gasteiger charge is -2.26. The lowest BCUT2D eigenvalue weighted by molar-refractivity contribution is -0.274. The van der Waals surface area contributed by atoms with E-state index in [0.717, 1.165) is 22.0 Å². The van der Waals surface area contributed by atoms with Crippen molar-refractivity contribution in [3.05, 3.63) is 53.6 Å². The van der Waals surface area contributed by atoms with Crippen LogP contribution in [0.5, 0.6) is 5.75 Å². The summed E-state index contributed by atoms with van der Waals surface area (Å²) in [6.45, 7) is 3.16. The molecule has 0 radical (unpaired) electrons. The Morgan fingerprint density at radius 2 is 1.73 bits per heavy atom. The lowest BCUT2D eigenvalue weighted by Crippen LogP contribution is -2.33. The van der Waals surface area contributed by atoms with Crippen LogP contribution in [0.2, 0.25) is 0 Å². The van der Waals surface area contributed by atoms with Crippen molar-refractivity contribution in [2.45, 2.75) is 37.9 Å². The predicted octanol–water partition coefficient (Wildman–Crippen LogP) is 4.13. The first kappa shape index (κ1) is 26.0. The van der Waals surface area contributed by atoms with Crippen LogP contribution in [0.25, 0.3) is 0 Å². The van der Waals surface area contributed by atoms with Crippen LogP contribution >= 0.6 is 0 Å². The number of sulfonamides is 1. The number of carbonyl (C=O) groups is 2. The van der Waals surface area contributed by atoms with Gasteiger partial charge in [0, 0.05) is 13.0 Å². The molecule has 2 aromatic rings. The highest BCUT2D eigenvalue weighted by Gasteiger charge is 2.33. The smallest absolute Gasteiger partial charge is 0.478 e. The van der Waals surface area contributed by atoms with Crippen molar-refractivity contribution >= 4 is 27.6 Å². The van der Waals surface area contributed by atoms with Crippen molar-refractivity contribution in [2.24, 2.45) is 0 Å². The second-order valence-electron chi connectivity index (χ2n) is 6.83. The predicted molar refractivity (Wildman–Crippen MR) is 112 cm³/mol. The van der Waals surface area contributed by atoms with Gasteiger partial charge in [-0.15, -0.1) is 13.2 Å². The van der Waals surface area contributed by atoms with Gasteiger partial charge in [0.15, 0.2) is 0 Å². The van der Waals surface area contributed by atoms with E-state index in [2.05, 4.69) is 4.74 Å². The first-order valence-electron chi connectivity index (χ1n) is 9.73. The summed E-state index contributed by atoms with van der Waals surface area (Å²) in [7, 11) is -4.33. The molecule has 0 unspecified atom stereocenters. The van der Waals surface area contributed by atoms with E-state index in [1.165, 1.54) is 12.1 Å². The highest BCUT2D eigenvalue weighted by molar-refractivity contribution is 7.92. The maximum atomic E-state index is 13.3. The zero-order valence-corrected chi connectivity index (χ0v) is 18.6. The van der Waals surface area contributed by atoms with Crippen LogP contribution in [0.1, 0.15) is 35.7 Å². The third-order valence-corrected chi connectivity index (χ3v) is 6.18. The fraction of sp³-hybridized carbons (Fsp3) is 0.333. The summed E-state index contributed by atoms with van der Waals surface area (Å²) >= 11 is 0. The molecule has 0 aliphatic heterocycles. The number of hydrogen-bond acceptors (Lipinski definition) is 6. The molecule has 2 rings (SSSR count). The molecule has 0 aliphatic rings. The highest BCUT2D eigenvalue weighted by atomic mass is 32.2. The maximum absolute atomic E-state index is 13.3. The Balaban J connectivity index is 2.53. The number of nitrogens with zero attached hydrogens (tertiary/aromatic N) is 1. The van der Waals surface area contributed by atoms with E-state index in [-0.39, 0.29) is 36.6 Å². The van der Waals surface area contributed by atoms with Gasteiger partial charge in [0.05, 0.1) is 22.8 Å². The zero-order chi connectivity index (χ0) is 24.8. The number of carboxylic acid groups (broad SMARTS) is 1. The number of benzene rings is 2. The topological polar surface area (TPSA) is 110 Å². The van der Waals surface area contributed by atoms with Gasteiger partial charge in [-0.1, -0.05) is 17.7 Å². The minimum Gasteiger partial charge on any atom is -0.478 e. The molecule has 33 heavy (non-hydrogen) atoms. The average molecular weight is 489 g/mol. The Morgan fingerprint density at radius 3 is 2.27 bits per heavy atom. The Bertz CT molecular complexity index is 1100. The Morgan fingerprint density at radius 1 is 1.09 bits per heavy atom. The van der Waals surface area contributed by atoms with Gasteiger partial charge in [-0.2, -0.15) is 0 Å². The number of esters is 1. The van der Waals surface area contributed by atoms with E-state index in [4.69, 9.17) is 4.74 Å². The number of carboxylic acids is 1. The summed E-state index contributed by atoms with van der Waals surface area (Å²) < 4.78 is 73.7. The molecule has 0 saturated carbocycles. The summed E-state index contributed by atoms with van der Waals surface area (Å²) in [4.78, 5) is 23.3. The van der Waals surface area contributed by atoms with Gasteiger partial charge in [-0.05, 0) is 50.6 Å². The first-order valence-corrected chi connectivity index (χ1v) is 11.2. The van der Waals surface area contributed by atoms with E-state index in [1.807, 2.05) is 0 Å². The molecule has 0 saturated heterocycles. The van der Waals surface area contributed by atoms with Crippen LogP contribution in [0.15, 0.2) is 47.4 Å². The number of hydrogen-bond donors (Lipinski definition) is 1. The molecule has 0 amide bonds. The number of carbonyl (C=O) groups excluding carboxylic acids is 1. The van der Waals surface area contributed by atoms with E-state index in [0.29, 0.717) is 6.07 Å². The van der Waals surface area contributed by atoms with Crippen LogP contribution in [-0.4, -0.2) is 45.0 Å². The second kappa shape index (κ2) is 10.6. The van der Waals surface area contributed by atoms with Gasteiger partial charge in [0.1, 0.15) is 5.75 Å². The van der Waals surface area contributed by atoms with Gasteiger partial charge in [0.2, 0.25) is 0 Å². The monoisotopic (exact) mass is 489 g/mol. The molecule has 0 aromatic heterocycles. The van der Waals surface area contributed by atoms with E-state index >= 15 is 0 Å². The zero-order valence-electron chi connectivity index (χ0n) is 17.8. The van der Waals surface area contributed by atoms with Gasteiger partial charge < -0.3 is 14.6 Å². The molecule has 0 aliphatic carbocycles. The summed E-state index contributed by atoms with van der Waals surface area (Å²) in [6.07, 6.45) is -5.24. The van der Waals surface area contributed by atoms with Crippen molar-refractivity contribution in [2.75, 3.05) is 17.5 Å². The van der Waals surface area contributed by atoms with Crippen LogP contribution in [-0.2, 0) is 19.6 Å². The largest absolute Gasteiger partial charge is 0.573 e. The minimum absolute atomic E-state index is 0.0240. The molecule has 12 heteroatoms. The fourth-order valence-electron chi connectivity index (χ4n) is 2.91. The minimum atomic E-state index is -5.06. The average Bonchev–Trinajstić information content (AvgIpc) is 2.70. The molecular formula is C21H22F3NO7S. The number of anilines is 1. The van der Waals surface area contributed by atoms with Crippen molar-refractivity contribution in [1.82, 2.24) is 0 Å².